The first kappa shape index (κ1) is 39.4. The quantitative estimate of drug-likeness (QED) is 0.226. The van der Waals surface area contributed by atoms with Crippen LogP contribution in [0.15, 0.2) is 18.2 Å². The van der Waals surface area contributed by atoms with Crippen LogP contribution in [0, 0.1) is 13.8 Å². The zero-order chi connectivity index (χ0) is 41.9. The molecule has 16 heteroatoms. The first-order valence-electron chi connectivity index (χ1n) is 19.8. The minimum Gasteiger partial charge on any atom is -0.504 e. The normalized spacial score (nSPS) is 26.5. The van der Waals surface area contributed by atoms with E-state index in [1.54, 1.807) is 17.0 Å². The molecule has 2 saturated heterocycles. The second-order valence-electron chi connectivity index (χ2n) is 17.1. The zero-order valence-electron chi connectivity index (χ0n) is 34.3. The van der Waals surface area contributed by atoms with Crippen molar-refractivity contribution < 1.29 is 57.8 Å². The molecule has 0 radical (unpaired) electrons. The van der Waals surface area contributed by atoms with Crippen LogP contribution in [0.25, 0.3) is 0 Å². The Morgan fingerprint density at radius 1 is 0.983 bits per heavy atom. The summed E-state index contributed by atoms with van der Waals surface area (Å²) in [6.45, 7) is 11.1. The number of aromatic hydroxyl groups is 2. The minimum absolute atomic E-state index is 0.0363. The summed E-state index contributed by atoms with van der Waals surface area (Å²) in [6, 6.07) is 2.80. The Kier molecular flexibility index (Phi) is 9.36. The Balaban J connectivity index is 1.32. The lowest BCUT2D eigenvalue weighted by Gasteiger charge is -2.60. The molecule has 3 N–H and O–H groups in total. The van der Waals surface area contributed by atoms with Crippen molar-refractivity contribution in [3.8, 4) is 40.2 Å². The number of esters is 2. The number of thioether (sulfide) groups is 1. The number of nitrogens with one attached hydrogen (secondary N) is 1. The molecule has 3 aromatic carbocycles. The average molecular weight is 832 g/mol. The lowest BCUT2D eigenvalue weighted by molar-refractivity contribution is -0.156. The van der Waals surface area contributed by atoms with Gasteiger partial charge in [-0.2, -0.15) is 0 Å². The fourth-order valence-electron chi connectivity index (χ4n) is 10.3. The van der Waals surface area contributed by atoms with E-state index in [1.165, 1.54) is 32.9 Å². The molecule has 4 bridgehead atoms. The molecular formula is C43H49N3O12S. The highest BCUT2D eigenvalue weighted by atomic mass is 32.2. The summed E-state index contributed by atoms with van der Waals surface area (Å²) in [5, 5.41) is 25.9. The number of piperazine rings is 1. The van der Waals surface area contributed by atoms with E-state index in [2.05, 4.69) is 10.2 Å². The van der Waals surface area contributed by atoms with Gasteiger partial charge in [0.05, 0.1) is 43.6 Å². The van der Waals surface area contributed by atoms with Crippen LogP contribution in [0.4, 0.5) is 4.79 Å². The molecule has 314 valence electrons. The smallest absolute Gasteiger partial charge is 0.411 e. The standard InChI is InChI=1S/C43H49N3O12S/c1-19-11-23-12-24-15-45-26-16-54-40(50)43(25-14-28(52-7)27(48)13-22(25)9-10-44-43)17-59-39(31-30(26)38-37(55-18-56-38)20(2)36(31)57-21(3)47)33(45)32(29(23)34(49)35(19)53-8)46(24)41(51)58-42(4,5)6/h11,13-14,24,26,32-33,39,44,48-49H,9-10,12,15-18H2,1-8H3/t24-,26?,32+,33?,39+,43+/m0/s1. The number of fused-ring (bicyclic) bond motifs is 9. The maximum atomic E-state index is 14.8. The Morgan fingerprint density at radius 3 is 2.46 bits per heavy atom. The molecule has 2 fully saturated rings. The minimum atomic E-state index is -1.40. The zero-order valence-corrected chi connectivity index (χ0v) is 35.2. The summed E-state index contributed by atoms with van der Waals surface area (Å²) in [6.07, 6.45) is 0.421. The number of ether oxygens (including phenoxy) is 7. The molecule has 0 aromatic heterocycles. The third-order valence-corrected chi connectivity index (χ3v) is 14.0. The third-order valence-electron chi connectivity index (χ3n) is 12.5. The van der Waals surface area contributed by atoms with Crippen LogP contribution in [-0.4, -0.2) is 102 Å². The van der Waals surface area contributed by atoms with Crippen molar-refractivity contribution in [2.45, 2.75) is 94.9 Å². The van der Waals surface area contributed by atoms with Crippen LogP contribution >= 0.6 is 11.8 Å². The molecule has 59 heavy (non-hydrogen) atoms. The van der Waals surface area contributed by atoms with Gasteiger partial charge in [0.15, 0.2) is 40.0 Å². The Bertz CT molecular complexity index is 2310. The molecule has 1 spiro atoms. The molecule has 15 nitrogen and oxygen atoms in total. The lowest BCUT2D eigenvalue weighted by Crippen LogP contribution is -2.68. The van der Waals surface area contributed by atoms with E-state index in [0.29, 0.717) is 76.7 Å². The molecule has 10 rings (SSSR count). The van der Waals surface area contributed by atoms with Gasteiger partial charge in [-0.3, -0.25) is 19.9 Å². The Morgan fingerprint density at radius 2 is 1.75 bits per heavy atom. The molecule has 1 amide bonds. The van der Waals surface area contributed by atoms with Gasteiger partial charge in [0.2, 0.25) is 6.79 Å². The molecule has 3 aromatic rings. The highest BCUT2D eigenvalue weighted by Gasteiger charge is 2.61. The average Bonchev–Trinajstić information content (AvgIpc) is 3.66. The third kappa shape index (κ3) is 5.95. The van der Waals surface area contributed by atoms with Crippen LogP contribution in [0.1, 0.15) is 89.5 Å². The van der Waals surface area contributed by atoms with Crippen molar-refractivity contribution >= 4 is 29.8 Å². The van der Waals surface area contributed by atoms with Crippen molar-refractivity contribution in [2.24, 2.45) is 0 Å². The number of benzene rings is 3. The van der Waals surface area contributed by atoms with E-state index in [0.717, 1.165) is 16.7 Å². The number of hydrogen-bond acceptors (Lipinski definition) is 15. The van der Waals surface area contributed by atoms with Crippen LogP contribution in [-0.2, 0) is 37.4 Å². The van der Waals surface area contributed by atoms with Crippen molar-refractivity contribution in [3.05, 3.63) is 62.7 Å². The van der Waals surface area contributed by atoms with Crippen LogP contribution in [0.5, 0.6) is 40.2 Å². The van der Waals surface area contributed by atoms with Gasteiger partial charge in [-0.25, -0.2) is 9.59 Å². The first-order chi connectivity index (χ1) is 28.1. The number of rotatable bonds is 3. The number of carbonyl (C=O) groups excluding carboxylic acids is 3. The van der Waals surface area contributed by atoms with Gasteiger partial charge in [0.1, 0.15) is 18.0 Å². The topological polar surface area (TPSA) is 175 Å². The number of phenols is 2. The van der Waals surface area contributed by atoms with E-state index in [1.807, 2.05) is 40.7 Å². The summed E-state index contributed by atoms with van der Waals surface area (Å²) in [5.74, 6) is 0.703. The molecule has 0 saturated carbocycles. The van der Waals surface area contributed by atoms with Gasteiger partial charge in [-0.15, -0.1) is 11.8 Å². The Hall–Kier alpha value is -5.06. The lowest BCUT2D eigenvalue weighted by atomic mass is 9.73. The highest BCUT2D eigenvalue weighted by Crippen LogP contribution is 2.64. The predicted octanol–water partition coefficient (Wildman–Crippen LogP) is 5.40. The van der Waals surface area contributed by atoms with Gasteiger partial charge in [0.25, 0.3) is 0 Å². The first-order valence-corrected chi connectivity index (χ1v) is 20.9. The summed E-state index contributed by atoms with van der Waals surface area (Å²) in [5.41, 5.74) is 3.23. The van der Waals surface area contributed by atoms with E-state index in [-0.39, 0.29) is 36.4 Å². The molecular weight excluding hydrogens is 783 g/mol. The summed E-state index contributed by atoms with van der Waals surface area (Å²) < 4.78 is 42.4. The second-order valence-corrected chi connectivity index (χ2v) is 18.2. The van der Waals surface area contributed by atoms with Gasteiger partial charge in [0, 0.05) is 48.0 Å². The molecule has 7 aliphatic rings. The largest absolute Gasteiger partial charge is 0.504 e. The second kappa shape index (κ2) is 14.0. The highest BCUT2D eigenvalue weighted by molar-refractivity contribution is 7.99. The number of nitrogens with zero attached hydrogens (tertiary/aromatic N) is 2. The maximum absolute atomic E-state index is 14.8. The van der Waals surface area contributed by atoms with Crippen LogP contribution in [0.2, 0.25) is 0 Å². The number of methoxy groups -OCH3 is 2. The van der Waals surface area contributed by atoms with E-state index < -0.39 is 58.6 Å². The van der Waals surface area contributed by atoms with Crippen molar-refractivity contribution in [2.75, 3.05) is 46.5 Å². The fraction of sp³-hybridized carbons (Fsp3) is 0.512. The fourth-order valence-corrected chi connectivity index (χ4v) is 12.0. The van der Waals surface area contributed by atoms with E-state index in [9.17, 15) is 24.6 Å². The van der Waals surface area contributed by atoms with E-state index >= 15 is 0 Å². The Labute approximate surface area is 346 Å². The number of phenolic OH excluding ortho intramolecular Hbond substituents is 2. The number of amides is 1. The van der Waals surface area contributed by atoms with Crippen LogP contribution < -0.4 is 29.0 Å². The maximum Gasteiger partial charge on any atom is 0.411 e. The van der Waals surface area contributed by atoms with E-state index in [4.69, 9.17) is 33.2 Å². The van der Waals surface area contributed by atoms with Gasteiger partial charge >= 0.3 is 18.0 Å². The molecule has 7 aliphatic heterocycles. The number of aryl methyl sites for hydroxylation is 1. The number of carbonyl (C=O) groups is 3. The molecule has 0 aliphatic carbocycles. The van der Waals surface area contributed by atoms with Crippen LogP contribution in [0.3, 0.4) is 0 Å². The molecule has 7 heterocycles. The van der Waals surface area contributed by atoms with Gasteiger partial charge in [-0.1, -0.05) is 6.07 Å². The van der Waals surface area contributed by atoms with Crippen molar-refractivity contribution in [3.63, 3.8) is 0 Å². The van der Waals surface area contributed by atoms with Crippen molar-refractivity contribution in [1.82, 2.24) is 15.1 Å². The predicted molar refractivity (Wildman–Crippen MR) is 214 cm³/mol. The number of hydrogen-bond donors (Lipinski definition) is 3. The summed E-state index contributed by atoms with van der Waals surface area (Å²) >= 11 is 1.45. The molecule has 6 atom stereocenters. The van der Waals surface area contributed by atoms with Gasteiger partial charge in [-0.05, 0) is 81.8 Å². The van der Waals surface area contributed by atoms with Crippen molar-refractivity contribution in [1.29, 1.82) is 0 Å². The summed E-state index contributed by atoms with van der Waals surface area (Å²) in [7, 11) is 2.96. The SMILES string of the molecule is COc1cc2c(cc1O)CCN[C@]21CS[C@@H]2c3c(OC(C)=O)c(C)c4c(c3C(COC1=O)N1C[C@@H]3Cc5cc(C)c(OC)c(O)c5[C@H](C21)N3C(=O)OC(C)(C)C)OCO4. The summed E-state index contributed by atoms with van der Waals surface area (Å²) in [4.78, 5) is 46.5. The van der Waals surface area contributed by atoms with Gasteiger partial charge < -0.3 is 43.4 Å². The molecule has 2 unspecified atom stereocenters. The monoisotopic (exact) mass is 831 g/mol.